The summed E-state index contributed by atoms with van der Waals surface area (Å²) in [5.41, 5.74) is 0.696. The van der Waals surface area contributed by atoms with Gasteiger partial charge in [-0.25, -0.2) is 12.7 Å². The zero-order valence-electron chi connectivity index (χ0n) is 16.4. The number of thiocarbonyl (C=S) groups is 1. The molecule has 0 bridgehead atoms. The van der Waals surface area contributed by atoms with Crippen LogP contribution in [0, 0.1) is 0 Å². The lowest BCUT2D eigenvalue weighted by atomic mass is 9.80. The van der Waals surface area contributed by atoms with E-state index in [0.29, 0.717) is 10.8 Å². The van der Waals surface area contributed by atoms with Gasteiger partial charge in [-0.2, -0.15) is 0 Å². The van der Waals surface area contributed by atoms with Crippen LogP contribution in [0.5, 0.6) is 0 Å². The number of nitrogens with one attached hydrogen (secondary N) is 3. The summed E-state index contributed by atoms with van der Waals surface area (Å²) >= 11 is 5.45. The van der Waals surface area contributed by atoms with Gasteiger partial charge in [-0.15, -0.1) is 0 Å². The molecule has 6 nitrogen and oxygen atoms in total. The van der Waals surface area contributed by atoms with Crippen LogP contribution >= 0.6 is 12.2 Å². The third-order valence-corrected chi connectivity index (χ3v) is 6.43. The van der Waals surface area contributed by atoms with Crippen LogP contribution in [0.15, 0.2) is 29.2 Å². The average molecular weight is 399 g/mol. The van der Waals surface area contributed by atoms with Gasteiger partial charge in [0, 0.05) is 36.9 Å². The lowest BCUT2D eigenvalue weighted by molar-refractivity contribution is 0.156. The second-order valence-corrected chi connectivity index (χ2v) is 11.0. The van der Waals surface area contributed by atoms with Gasteiger partial charge in [0.05, 0.1) is 4.90 Å². The molecule has 0 amide bonds. The van der Waals surface area contributed by atoms with Crippen molar-refractivity contribution in [3.05, 3.63) is 24.3 Å². The molecular formula is C18H30N4O2S2. The Morgan fingerprint density at radius 1 is 1.19 bits per heavy atom. The monoisotopic (exact) mass is 398 g/mol. The van der Waals surface area contributed by atoms with Crippen LogP contribution in [0.2, 0.25) is 0 Å². The summed E-state index contributed by atoms with van der Waals surface area (Å²) < 4.78 is 25.7. The Morgan fingerprint density at radius 2 is 1.77 bits per heavy atom. The molecule has 3 N–H and O–H groups in total. The van der Waals surface area contributed by atoms with E-state index in [0.717, 1.165) is 12.8 Å². The maximum Gasteiger partial charge on any atom is 0.242 e. The molecule has 0 unspecified atom stereocenters. The summed E-state index contributed by atoms with van der Waals surface area (Å²) in [5, 5.41) is 10.6. The number of hydrogen-bond donors (Lipinski definition) is 3. The SMILES string of the molecule is CN(C)S(=O)(=O)c1cccc(NC(=S)NC2CC(C)(C)NC(C)(C)C2)c1. The number of anilines is 1. The summed E-state index contributed by atoms with van der Waals surface area (Å²) in [6.45, 7) is 8.76. The number of nitrogens with zero attached hydrogens (tertiary/aromatic N) is 1. The molecule has 26 heavy (non-hydrogen) atoms. The van der Waals surface area contributed by atoms with Gasteiger partial charge >= 0.3 is 0 Å². The molecule has 146 valence electrons. The van der Waals surface area contributed by atoms with Crippen molar-refractivity contribution in [1.82, 2.24) is 14.9 Å². The Labute approximate surface area is 162 Å². The summed E-state index contributed by atoms with van der Waals surface area (Å²) in [6.07, 6.45) is 1.90. The van der Waals surface area contributed by atoms with Crippen LogP contribution < -0.4 is 16.0 Å². The molecule has 1 fully saturated rings. The molecule has 0 spiro atoms. The number of sulfonamides is 1. The molecule has 0 radical (unpaired) electrons. The van der Waals surface area contributed by atoms with Crippen LogP contribution in [0.4, 0.5) is 5.69 Å². The van der Waals surface area contributed by atoms with Crippen LogP contribution in [0.3, 0.4) is 0 Å². The number of piperidine rings is 1. The molecular weight excluding hydrogens is 368 g/mol. The smallest absolute Gasteiger partial charge is 0.242 e. The topological polar surface area (TPSA) is 73.5 Å². The van der Waals surface area contributed by atoms with Crippen LogP contribution in [0.1, 0.15) is 40.5 Å². The molecule has 1 aliphatic rings. The molecule has 0 atom stereocenters. The average Bonchev–Trinajstić information content (AvgIpc) is 2.43. The van der Waals surface area contributed by atoms with E-state index in [1.54, 1.807) is 24.3 Å². The fraction of sp³-hybridized carbons (Fsp3) is 0.611. The second-order valence-electron chi connectivity index (χ2n) is 8.41. The fourth-order valence-electron chi connectivity index (χ4n) is 3.72. The maximum absolute atomic E-state index is 12.3. The van der Waals surface area contributed by atoms with Crippen LogP contribution in [0.25, 0.3) is 0 Å². The second kappa shape index (κ2) is 7.42. The van der Waals surface area contributed by atoms with Crippen molar-refractivity contribution in [3.8, 4) is 0 Å². The Bertz CT molecular complexity index is 757. The molecule has 0 aliphatic carbocycles. The summed E-state index contributed by atoms with van der Waals surface area (Å²) in [4.78, 5) is 0.236. The van der Waals surface area contributed by atoms with Crippen molar-refractivity contribution < 1.29 is 8.42 Å². The molecule has 1 aromatic carbocycles. The number of hydrogen-bond acceptors (Lipinski definition) is 4. The molecule has 1 aromatic rings. The van der Waals surface area contributed by atoms with E-state index in [4.69, 9.17) is 12.2 Å². The predicted molar refractivity (Wildman–Crippen MR) is 111 cm³/mol. The minimum atomic E-state index is -3.47. The van der Waals surface area contributed by atoms with E-state index in [1.165, 1.54) is 18.4 Å². The minimum absolute atomic E-state index is 0.0226. The largest absolute Gasteiger partial charge is 0.360 e. The van der Waals surface area contributed by atoms with Gasteiger partial charge in [0.2, 0.25) is 10.0 Å². The van der Waals surface area contributed by atoms with Crippen molar-refractivity contribution in [2.45, 2.75) is 62.6 Å². The predicted octanol–water partition coefficient (Wildman–Crippen LogP) is 2.53. The highest BCUT2D eigenvalue weighted by Crippen LogP contribution is 2.28. The normalized spacial score (nSPS) is 20.0. The molecule has 1 saturated heterocycles. The van der Waals surface area contributed by atoms with Crippen LogP contribution in [-0.2, 0) is 10.0 Å². The molecule has 8 heteroatoms. The van der Waals surface area contributed by atoms with Crippen molar-refractivity contribution in [2.24, 2.45) is 0 Å². The Morgan fingerprint density at radius 3 is 2.31 bits per heavy atom. The van der Waals surface area contributed by atoms with Gasteiger partial charge in [0.15, 0.2) is 5.11 Å². The summed E-state index contributed by atoms with van der Waals surface area (Å²) in [5.74, 6) is 0. The third kappa shape index (κ3) is 5.39. The van der Waals surface area contributed by atoms with Crippen molar-refractivity contribution in [2.75, 3.05) is 19.4 Å². The first-order valence-corrected chi connectivity index (χ1v) is 10.6. The molecule has 1 aliphatic heterocycles. The molecule has 0 saturated carbocycles. The molecule has 2 rings (SSSR count). The van der Waals surface area contributed by atoms with Gasteiger partial charge in [-0.05, 0) is 71.0 Å². The lowest BCUT2D eigenvalue weighted by Gasteiger charge is -2.46. The van der Waals surface area contributed by atoms with Gasteiger partial charge in [0.25, 0.3) is 0 Å². The van der Waals surface area contributed by atoms with Crippen molar-refractivity contribution in [3.63, 3.8) is 0 Å². The van der Waals surface area contributed by atoms with E-state index >= 15 is 0 Å². The maximum atomic E-state index is 12.3. The van der Waals surface area contributed by atoms with Gasteiger partial charge in [0.1, 0.15) is 0 Å². The first kappa shape index (κ1) is 21.1. The van der Waals surface area contributed by atoms with E-state index in [-0.39, 0.29) is 22.0 Å². The lowest BCUT2D eigenvalue weighted by Crippen LogP contribution is -2.62. The van der Waals surface area contributed by atoms with E-state index in [1.807, 2.05) is 0 Å². The van der Waals surface area contributed by atoms with Gasteiger partial charge in [-0.3, -0.25) is 0 Å². The van der Waals surface area contributed by atoms with Gasteiger partial charge < -0.3 is 16.0 Å². The van der Waals surface area contributed by atoms with E-state index in [2.05, 4.69) is 43.6 Å². The quantitative estimate of drug-likeness (QED) is 0.677. The Hall–Kier alpha value is -1.22. The zero-order valence-corrected chi connectivity index (χ0v) is 18.0. The summed E-state index contributed by atoms with van der Waals surface area (Å²) in [7, 11) is -0.440. The zero-order chi connectivity index (χ0) is 19.8. The Balaban J connectivity index is 2.07. The molecule has 0 aromatic heterocycles. The highest BCUT2D eigenvalue weighted by atomic mass is 32.2. The fourth-order valence-corrected chi connectivity index (χ4v) is 4.95. The van der Waals surface area contributed by atoms with Crippen molar-refractivity contribution in [1.29, 1.82) is 0 Å². The highest BCUT2D eigenvalue weighted by Gasteiger charge is 2.37. The van der Waals surface area contributed by atoms with Crippen molar-refractivity contribution >= 4 is 33.0 Å². The van der Waals surface area contributed by atoms with Crippen LogP contribution in [-0.4, -0.2) is 49.1 Å². The van der Waals surface area contributed by atoms with Gasteiger partial charge in [-0.1, -0.05) is 6.07 Å². The third-order valence-electron chi connectivity index (χ3n) is 4.40. The van der Waals surface area contributed by atoms with E-state index < -0.39 is 10.0 Å². The summed E-state index contributed by atoms with van der Waals surface area (Å²) in [6, 6.07) is 6.93. The minimum Gasteiger partial charge on any atom is -0.360 e. The standard InChI is InChI=1S/C18H30N4O2S2/c1-17(2)11-14(12-18(3,4)21-17)20-16(25)19-13-8-7-9-15(10-13)26(23,24)22(5)6/h7-10,14,21H,11-12H2,1-6H3,(H2,19,20,25). The first-order valence-electron chi connectivity index (χ1n) is 8.70. The Kier molecular flexibility index (Phi) is 6.02. The first-order chi connectivity index (χ1) is 11.8. The number of benzene rings is 1. The number of rotatable bonds is 4. The van der Waals surface area contributed by atoms with E-state index in [9.17, 15) is 8.42 Å². The molecule has 1 heterocycles. The highest BCUT2D eigenvalue weighted by molar-refractivity contribution is 7.89.